The van der Waals surface area contributed by atoms with Crippen LogP contribution in [-0.2, 0) is 16.1 Å². The van der Waals surface area contributed by atoms with Gasteiger partial charge in [0.2, 0.25) is 5.91 Å². The molecule has 122 valence electrons. The summed E-state index contributed by atoms with van der Waals surface area (Å²) in [4.78, 5) is 25.5. The van der Waals surface area contributed by atoms with Crippen molar-refractivity contribution in [3.8, 4) is 0 Å². The van der Waals surface area contributed by atoms with E-state index in [1.54, 1.807) is 4.90 Å². The summed E-state index contributed by atoms with van der Waals surface area (Å²) in [6, 6.07) is 7.59. The van der Waals surface area contributed by atoms with Crippen molar-refractivity contribution in [1.82, 2.24) is 9.47 Å². The number of benzene rings is 1. The second-order valence-corrected chi connectivity index (χ2v) is 6.59. The highest BCUT2D eigenvalue weighted by Crippen LogP contribution is 2.24. The summed E-state index contributed by atoms with van der Waals surface area (Å²) < 4.78 is 1.86. The van der Waals surface area contributed by atoms with Crippen LogP contribution in [0.5, 0.6) is 0 Å². The Morgan fingerprint density at radius 1 is 1.30 bits per heavy atom. The number of carboxylic acids is 1. The molecular formula is C17H19ClN2O3. The van der Waals surface area contributed by atoms with Crippen molar-refractivity contribution < 1.29 is 14.7 Å². The topological polar surface area (TPSA) is 62.5 Å². The van der Waals surface area contributed by atoms with Crippen molar-refractivity contribution in [1.29, 1.82) is 0 Å². The minimum absolute atomic E-state index is 0.0547. The van der Waals surface area contributed by atoms with Gasteiger partial charge in [0, 0.05) is 29.3 Å². The zero-order chi connectivity index (χ0) is 16.6. The van der Waals surface area contributed by atoms with Crippen molar-refractivity contribution in [2.24, 2.45) is 5.92 Å². The average molecular weight is 335 g/mol. The molecule has 0 spiro atoms. The Bertz CT molecular complexity index is 755. The molecule has 1 fully saturated rings. The first kappa shape index (κ1) is 15.9. The third-order valence-electron chi connectivity index (χ3n) is 4.59. The average Bonchev–Trinajstić information content (AvgIpc) is 2.89. The molecule has 0 bridgehead atoms. The van der Waals surface area contributed by atoms with Crippen LogP contribution < -0.4 is 0 Å². The van der Waals surface area contributed by atoms with Gasteiger partial charge in [-0.05, 0) is 43.4 Å². The number of hydrogen-bond acceptors (Lipinski definition) is 2. The highest BCUT2D eigenvalue weighted by Gasteiger charge is 2.32. The predicted octanol–water partition coefficient (Wildman–Crippen LogP) is 3.01. The number of carbonyl (C=O) groups is 2. The lowest BCUT2D eigenvalue weighted by molar-refractivity contribution is -0.147. The molecule has 6 heteroatoms. The van der Waals surface area contributed by atoms with Crippen LogP contribution in [0.1, 0.15) is 19.8 Å². The molecule has 2 unspecified atom stereocenters. The van der Waals surface area contributed by atoms with Crippen molar-refractivity contribution in [3.63, 3.8) is 0 Å². The van der Waals surface area contributed by atoms with Crippen LogP contribution in [0.2, 0.25) is 5.02 Å². The van der Waals surface area contributed by atoms with Gasteiger partial charge in [-0.1, -0.05) is 17.7 Å². The fourth-order valence-corrected chi connectivity index (χ4v) is 3.35. The number of carboxylic acid groups (broad SMARTS) is 1. The molecule has 23 heavy (non-hydrogen) atoms. The summed E-state index contributed by atoms with van der Waals surface area (Å²) in [5.74, 6) is -1.35. The summed E-state index contributed by atoms with van der Waals surface area (Å²) in [5.41, 5.74) is 0.908. The number of aromatic nitrogens is 1. The number of aliphatic carboxylic acids is 1. The highest BCUT2D eigenvalue weighted by atomic mass is 35.5. The molecule has 1 aliphatic rings. The third-order valence-corrected chi connectivity index (χ3v) is 4.83. The van der Waals surface area contributed by atoms with E-state index >= 15 is 0 Å². The first-order valence-electron chi connectivity index (χ1n) is 7.72. The van der Waals surface area contributed by atoms with E-state index in [9.17, 15) is 14.7 Å². The van der Waals surface area contributed by atoms with Crippen LogP contribution in [0.15, 0.2) is 30.5 Å². The molecule has 2 heterocycles. The quantitative estimate of drug-likeness (QED) is 0.938. The number of piperidine rings is 1. The normalized spacial score (nSPS) is 21.6. The van der Waals surface area contributed by atoms with Gasteiger partial charge in [-0.15, -0.1) is 0 Å². The summed E-state index contributed by atoms with van der Waals surface area (Å²) in [6.07, 6.45) is 3.21. The van der Waals surface area contributed by atoms with E-state index in [2.05, 4.69) is 0 Å². The van der Waals surface area contributed by atoms with E-state index in [0.717, 1.165) is 17.3 Å². The van der Waals surface area contributed by atoms with Crippen LogP contribution in [0, 0.1) is 5.92 Å². The molecule has 1 saturated heterocycles. The lowest BCUT2D eigenvalue weighted by atomic mass is 9.93. The zero-order valence-corrected chi connectivity index (χ0v) is 13.7. The van der Waals surface area contributed by atoms with Crippen LogP contribution >= 0.6 is 11.6 Å². The molecule has 2 aromatic rings. The minimum atomic E-state index is -0.826. The first-order chi connectivity index (χ1) is 11.0. The Labute approximate surface area is 139 Å². The highest BCUT2D eigenvalue weighted by molar-refractivity contribution is 6.31. The molecular weight excluding hydrogens is 316 g/mol. The smallest absolute Gasteiger partial charge is 0.308 e. The molecule has 1 aromatic heterocycles. The maximum absolute atomic E-state index is 12.7. The lowest BCUT2D eigenvalue weighted by Crippen LogP contribution is -2.48. The van der Waals surface area contributed by atoms with Gasteiger partial charge in [-0.3, -0.25) is 9.59 Å². The number of rotatable bonds is 3. The lowest BCUT2D eigenvalue weighted by Gasteiger charge is -2.36. The molecule has 1 aliphatic heterocycles. The van der Waals surface area contributed by atoms with E-state index in [4.69, 9.17) is 11.6 Å². The largest absolute Gasteiger partial charge is 0.481 e. The summed E-state index contributed by atoms with van der Waals surface area (Å²) in [5, 5.41) is 10.8. The molecule has 0 aliphatic carbocycles. The molecule has 0 radical (unpaired) electrons. The maximum Gasteiger partial charge on any atom is 0.308 e. The first-order valence-corrected chi connectivity index (χ1v) is 8.10. The van der Waals surface area contributed by atoms with Gasteiger partial charge in [0.25, 0.3) is 0 Å². The van der Waals surface area contributed by atoms with Crippen LogP contribution in [0.4, 0.5) is 0 Å². The van der Waals surface area contributed by atoms with Crippen molar-refractivity contribution >= 4 is 34.4 Å². The van der Waals surface area contributed by atoms with Gasteiger partial charge < -0.3 is 14.6 Å². The summed E-state index contributed by atoms with van der Waals surface area (Å²) in [6.45, 7) is 2.45. The van der Waals surface area contributed by atoms with Gasteiger partial charge in [0.15, 0.2) is 0 Å². The molecule has 1 amide bonds. The Kier molecular flexibility index (Phi) is 4.31. The Morgan fingerprint density at radius 3 is 2.83 bits per heavy atom. The molecule has 1 N–H and O–H groups in total. The molecule has 1 aromatic carbocycles. The number of halogens is 1. The molecule has 2 atom stereocenters. The second-order valence-electron chi connectivity index (χ2n) is 6.15. The van der Waals surface area contributed by atoms with Gasteiger partial charge in [0.05, 0.1) is 5.92 Å². The van der Waals surface area contributed by atoms with E-state index in [1.165, 1.54) is 0 Å². The third kappa shape index (κ3) is 3.20. The van der Waals surface area contributed by atoms with Crippen LogP contribution in [0.3, 0.4) is 0 Å². The van der Waals surface area contributed by atoms with Crippen LogP contribution in [0.25, 0.3) is 10.9 Å². The predicted molar refractivity (Wildman–Crippen MR) is 88.5 cm³/mol. The second kappa shape index (κ2) is 6.24. The Morgan fingerprint density at radius 2 is 2.09 bits per heavy atom. The zero-order valence-electron chi connectivity index (χ0n) is 12.9. The fraction of sp³-hybridized carbons (Fsp3) is 0.412. The monoisotopic (exact) mass is 334 g/mol. The van der Waals surface area contributed by atoms with Gasteiger partial charge in [-0.25, -0.2) is 0 Å². The van der Waals surface area contributed by atoms with Gasteiger partial charge in [-0.2, -0.15) is 0 Å². The number of fused-ring (bicyclic) bond motifs is 1. The van der Waals surface area contributed by atoms with E-state index in [-0.39, 0.29) is 25.0 Å². The minimum Gasteiger partial charge on any atom is -0.481 e. The SMILES string of the molecule is CC1CCC(C(=O)O)CN1C(=O)Cn1ccc2ccc(Cl)cc21. The summed E-state index contributed by atoms with van der Waals surface area (Å²) in [7, 11) is 0. The van der Waals surface area contributed by atoms with Gasteiger partial charge in [0.1, 0.15) is 6.54 Å². The molecule has 0 saturated carbocycles. The number of likely N-dealkylation sites (tertiary alicyclic amines) is 1. The fourth-order valence-electron chi connectivity index (χ4n) is 3.19. The maximum atomic E-state index is 12.7. The van der Waals surface area contributed by atoms with Crippen LogP contribution in [-0.4, -0.2) is 39.0 Å². The Balaban J connectivity index is 1.79. The number of amides is 1. The van der Waals surface area contributed by atoms with Crippen molar-refractivity contribution in [3.05, 3.63) is 35.5 Å². The van der Waals surface area contributed by atoms with E-state index in [0.29, 0.717) is 11.4 Å². The number of carbonyl (C=O) groups excluding carboxylic acids is 1. The Hall–Kier alpha value is -2.01. The van der Waals surface area contributed by atoms with E-state index < -0.39 is 11.9 Å². The molecule has 3 rings (SSSR count). The van der Waals surface area contributed by atoms with Gasteiger partial charge >= 0.3 is 5.97 Å². The number of hydrogen-bond donors (Lipinski definition) is 1. The van der Waals surface area contributed by atoms with Crippen molar-refractivity contribution in [2.75, 3.05) is 6.54 Å². The number of nitrogens with zero attached hydrogens (tertiary/aromatic N) is 2. The standard InChI is InChI=1S/C17H19ClN2O3/c1-11-2-3-13(17(22)23)9-20(11)16(21)10-19-7-6-12-4-5-14(18)8-15(12)19/h4-8,11,13H,2-3,9-10H2,1H3,(H,22,23). The summed E-state index contributed by atoms with van der Waals surface area (Å²) >= 11 is 6.04. The van der Waals surface area contributed by atoms with Crippen molar-refractivity contribution in [2.45, 2.75) is 32.4 Å². The molecule has 5 nitrogen and oxygen atoms in total. The van der Waals surface area contributed by atoms with E-state index in [1.807, 2.05) is 42.0 Å².